The fraction of sp³-hybridized carbons (Fsp3) is 0.500. The summed E-state index contributed by atoms with van der Waals surface area (Å²) < 4.78 is 0. The fourth-order valence-corrected chi connectivity index (χ4v) is 3.57. The molecule has 0 aliphatic carbocycles. The maximum atomic E-state index is 10.3. The van der Waals surface area contributed by atoms with Crippen molar-refractivity contribution in [1.82, 2.24) is 0 Å². The molecule has 0 fully saturated rings. The van der Waals surface area contributed by atoms with Crippen molar-refractivity contribution in [3.63, 3.8) is 0 Å². The Kier molecular flexibility index (Phi) is 47.4. The molecule has 20 N–H and O–H groups in total. The molecule has 0 aliphatic rings. The Bertz CT molecular complexity index is 1460. The van der Waals surface area contributed by atoms with Gasteiger partial charge in [0.2, 0.25) is 0 Å². The molecular weight excluding hydrogens is 1010 g/mol. The number of hydrogen-bond donors (Lipinski definition) is 20. The molecule has 0 aromatic heterocycles. The van der Waals surface area contributed by atoms with Crippen LogP contribution in [0.2, 0.25) is 0 Å². The summed E-state index contributed by atoms with van der Waals surface area (Å²) in [5.74, 6) is -25.1. The molecule has 0 unspecified atom stereocenters. The Hall–Kier alpha value is -4.15. The molecule has 0 rings (SSSR count). The van der Waals surface area contributed by atoms with Crippen molar-refractivity contribution in [2.75, 3.05) is 0 Å². The molecule has 35 nitrogen and oxygen atoms in total. The number of carboxylic acids is 15. The third kappa shape index (κ3) is 42.5. The van der Waals surface area contributed by atoms with Crippen LogP contribution in [0.4, 0.5) is 0 Å². The van der Waals surface area contributed by atoms with Gasteiger partial charge in [0.15, 0.2) is 28.0 Å². The molecule has 39 heteroatoms. The van der Waals surface area contributed by atoms with E-state index in [-0.39, 0.29) is 118 Å². The Morgan fingerprint density at radius 2 is 0.246 bits per heavy atom. The van der Waals surface area contributed by atoms with Crippen molar-refractivity contribution >= 4 is 208 Å². The van der Waals surface area contributed by atoms with Gasteiger partial charge in [0, 0.05) is 0 Å². The molecule has 0 saturated carbocycles. The third-order valence-electron chi connectivity index (χ3n) is 6.43. The Labute approximate surface area is 469 Å². The number of carbonyl (C=O) groups is 15. The van der Waals surface area contributed by atoms with Gasteiger partial charge in [0.1, 0.15) is 0 Å². The van der Waals surface area contributed by atoms with Crippen LogP contribution in [0.5, 0.6) is 0 Å². The first-order chi connectivity index (χ1) is 28.9. The summed E-state index contributed by atoms with van der Waals surface area (Å²) >= 11 is 0. The van der Waals surface area contributed by atoms with E-state index in [2.05, 4.69) is 0 Å². The summed E-state index contributed by atoms with van der Waals surface area (Å²) in [6.07, 6.45) is -11.4. The average molecular weight is 1060 g/mol. The van der Waals surface area contributed by atoms with Crippen molar-refractivity contribution < 1.29 is 174 Å². The summed E-state index contributed by atoms with van der Waals surface area (Å²) in [7, 11) is 0. The molecule has 69 heavy (non-hydrogen) atoms. The summed E-state index contributed by atoms with van der Waals surface area (Å²) in [4.78, 5) is 152. The van der Waals surface area contributed by atoms with Crippen molar-refractivity contribution in [1.29, 1.82) is 0 Å². The molecule has 0 atom stereocenters. The monoisotopic (exact) mass is 1060 g/mol. The van der Waals surface area contributed by atoms with Crippen LogP contribution in [0, 0.1) is 0 Å². The molecule has 0 radical (unpaired) electrons. The van der Waals surface area contributed by atoms with Crippen LogP contribution < -0.4 is 0 Å². The van der Waals surface area contributed by atoms with Crippen LogP contribution in [0.25, 0.3) is 0 Å². The summed E-state index contributed by atoms with van der Waals surface area (Å²) in [6.45, 7) is 0. The average Bonchev–Trinajstić information content (AvgIpc) is 3.01. The first-order valence-corrected chi connectivity index (χ1v) is 15.9. The maximum absolute atomic E-state index is 10.3. The third-order valence-corrected chi connectivity index (χ3v) is 6.43. The van der Waals surface area contributed by atoms with Gasteiger partial charge in [-0.15, -0.1) is 0 Å². The second-order valence-corrected chi connectivity index (χ2v) is 12.4. The predicted molar refractivity (Wildman–Crippen MR) is 214 cm³/mol. The van der Waals surface area contributed by atoms with Gasteiger partial charge in [0.25, 0.3) is 0 Å². The Morgan fingerprint density at radius 1 is 0.188 bits per heavy atom. The minimum absolute atomic E-state index is 0. The van der Waals surface area contributed by atoms with E-state index in [9.17, 15) is 71.9 Å². The van der Waals surface area contributed by atoms with Gasteiger partial charge < -0.3 is 102 Å². The van der Waals surface area contributed by atoms with Crippen LogP contribution in [0.3, 0.4) is 0 Å². The van der Waals surface area contributed by atoms with Crippen molar-refractivity contribution in [3.05, 3.63) is 0 Å². The minimum atomic E-state index is -2.74. The van der Waals surface area contributed by atoms with E-state index in [1.54, 1.807) is 0 Å². The summed E-state index contributed by atoms with van der Waals surface area (Å²) in [5.41, 5.74) is -13.7. The van der Waals surface area contributed by atoms with Gasteiger partial charge in [-0.05, 0) is 0 Å². The first-order valence-electron chi connectivity index (χ1n) is 15.9. The zero-order valence-corrected chi connectivity index (χ0v) is 32.1. The van der Waals surface area contributed by atoms with Crippen molar-refractivity contribution in [2.45, 2.75) is 92.2 Å². The van der Waals surface area contributed by atoms with Crippen LogP contribution in [0.1, 0.15) is 64.2 Å². The molecule has 0 saturated heterocycles. The second-order valence-electron chi connectivity index (χ2n) is 12.4. The van der Waals surface area contributed by atoms with Gasteiger partial charge >= 0.3 is 208 Å². The predicted octanol–water partition coefficient (Wildman–Crippen LogP) is -8.84. The zero-order chi connectivity index (χ0) is 53.2. The van der Waals surface area contributed by atoms with E-state index in [0.717, 1.165) is 0 Å². The van der Waals surface area contributed by atoms with E-state index in [4.69, 9.17) is 102 Å². The topological polar surface area (TPSA) is 661 Å². The van der Waals surface area contributed by atoms with Crippen LogP contribution in [-0.2, 0) is 71.9 Å². The van der Waals surface area contributed by atoms with E-state index < -0.39 is 182 Å². The summed E-state index contributed by atoms with van der Waals surface area (Å²) in [6, 6.07) is 0. The second kappa shape index (κ2) is 38.6. The number of hydrogen-bond acceptors (Lipinski definition) is 20. The van der Waals surface area contributed by atoms with Crippen molar-refractivity contribution in [3.8, 4) is 0 Å². The zero-order valence-electron chi connectivity index (χ0n) is 32.1. The van der Waals surface area contributed by atoms with Crippen molar-refractivity contribution in [2.24, 2.45) is 0 Å². The SMILES string of the molecule is O=C(O)CC(O)(CC(=O)O)C(=O)O.O=C(O)CC(O)(CC(=O)O)C(=O)O.O=C(O)CC(O)(CC(=O)O)C(=O)O.O=C(O)CC(O)(CC(=O)O)C(=O)O.O=C(O)CC(O)(CC(=O)O)C(=O)O.[NaH].[NaH].[NaH].[NaH]. The quantitative estimate of drug-likeness (QED) is 0.0378. The van der Waals surface area contributed by atoms with Gasteiger partial charge in [0.05, 0.1) is 64.2 Å². The van der Waals surface area contributed by atoms with Gasteiger partial charge in [-0.3, -0.25) is 47.9 Å². The molecule has 0 aromatic carbocycles. The Morgan fingerprint density at radius 3 is 0.275 bits per heavy atom. The summed E-state index contributed by atoms with van der Waals surface area (Å²) in [5, 5.41) is 169. The van der Waals surface area contributed by atoms with E-state index in [1.165, 1.54) is 0 Å². The fourth-order valence-electron chi connectivity index (χ4n) is 3.57. The molecular formula is C30H44Na4O35. The molecule has 0 spiro atoms. The van der Waals surface area contributed by atoms with Gasteiger partial charge in [-0.25, -0.2) is 24.0 Å². The molecule has 0 amide bonds. The van der Waals surface area contributed by atoms with Gasteiger partial charge in [-0.1, -0.05) is 0 Å². The standard InChI is InChI=1S/5C6H8O7.4Na.4H/c5*7-3(8)1-6(13,5(11)12)2-4(9)10;;;;;;;;/h5*13H,1-2H2,(H,7,8)(H,9,10)(H,11,12);;;;;;;;. The number of aliphatic carboxylic acids is 15. The van der Waals surface area contributed by atoms with E-state index in [0.29, 0.717) is 0 Å². The normalized spacial score (nSPS) is 10.2. The van der Waals surface area contributed by atoms with E-state index >= 15 is 0 Å². The van der Waals surface area contributed by atoms with Crippen LogP contribution in [0.15, 0.2) is 0 Å². The van der Waals surface area contributed by atoms with Crippen LogP contribution in [-0.4, -0.2) is 338 Å². The van der Waals surface area contributed by atoms with Crippen LogP contribution >= 0.6 is 0 Å². The molecule has 0 bridgehead atoms. The van der Waals surface area contributed by atoms with E-state index in [1.807, 2.05) is 0 Å². The van der Waals surface area contributed by atoms with Gasteiger partial charge in [-0.2, -0.15) is 0 Å². The first kappa shape index (κ1) is 84.8. The Balaban J connectivity index is -0.0000000918. The molecule has 0 aromatic rings. The molecule has 378 valence electrons. The number of aliphatic hydroxyl groups is 5. The molecule has 0 heterocycles. The number of carboxylic acid groups (broad SMARTS) is 15. The molecule has 0 aliphatic heterocycles. The number of rotatable bonds is 25.